The first kappa shape index (κ1) is 19.7. The number of furan rings is 1. The lowest BCUT2D eigenvalue weighted by Crippen LogP contribution is -2.23. The van der Waals surface area contributed by atoms with Gasteiger partial charge in [0, 0.05) is 12.1 Å². The van der Waals surface area contributed by atoms with Gasteiger partial charge in [0.2, 0.25) is 0 Å². The van der Waals surface area contributed by atoms with E-state index < -0.39 is 17.6 Å². The summed E-state index contributed by atoms with van der Waals surface area (Å²) in [7, 11) is 0. The predicted molar refractivity (Wildman–Crippen MR) is 96.3 cm³/mol. The molecule has 0 aliphatic heterocycles. The molecule has 0 bridgehead atoms. The number of benzene rings is 2. The zero-order valence-corrected chi connectivity index (χ0v) is 14.8. The highest BCUT2D eigenvalue weighted by atomic mass is 19.4. The van der Waals surface area contributed by atoms with Crippen molar-refractivity contribution in [1.29, 1.82) is 0 Å². The van der Waals surface area contributed by atoms with Gasteiger partial charge in [0.25, 0.3) is 5.91 Å². The molecule has 0 unspecified atom stereocenters. The van der Waals surface area contributed by atoms with Gasteiger partial charge in [-0.15, -0.1) is 0 Å². The van der Waals surface area contributed by atoms with Gasteiger partial charge in [0.1, 0.15) is 12.4 Å². The number of carbonyl (C=O) groups is 1. The molecule has 0 saturated carbocycles. The number of hydrogen-bond donors (Lipinski definition) is 1. The van der Waals surface area contributed by atoms with E-state index in [0.717, 1.165) is 41.2 Å². The van der Waals surface area contributed by atoms with Crippen LogP contribution in [-0.2, 0) is 30.7 Å². The smallest absolute Gasteiger partial charge is 0.416 e. The molecule has 2 aromatic carbocycles. The Kier molecular flexibility index (Phi) is 6.16. The summed E-state index contributed by atoms with van der Waals surface area (Å²) in [5.74, 6) is 0.299. The first-order valence-corrected chi connectivity index (χ1v) is 8.55. The maximum Gasteiger partial charge on any atom is 0.416 e. The number of nitrogens with one attached hydrogen (secondary N) is 1. The summed E-state index contributed by atoms with van der Waals surface area (Å²) in [5, 5.41) is 2.70. The van der Waals surface area contributed by atoms with Crippen LogP contribution in [0.1, 0.15) is 32.8 Å². The zero-order valence-electron chi connectivity index (χ0n) is 14.8. The zero-order chi connectivity index (χ0) is 20.0. The van der Waals surface area contributed by atoms with Crippen molar-refractivity contribution in [2.24, 2.45) is 0 Å². The lowest BCUT2D eigenvalue weighted by Gasteiger charge is -2.09. The number of amides is 1. The average Bonchev–Trinajstić information content (AvgIpc) is 3.19. The van der Waals surface area contributed by atoms with Crippen LogP contribution in [-0.4, -0.2) is 5.91 Å². The largest absolute Gasteiger partial charge is 0.467 e. The molecule has 0 radical (unpaired) electrons. The molecule has 7 heteroatoms. The first-order chi connectivity index (χ1) is 13.4. The molecule has 0 fully saturated rings. The van der Waals surface area contributed by atoms with Crippen molar-refractivity contribution in [1.82, 2.24) is 5.32 Å². The van der Waals surface area contributed by atoms with Gasteiger partial charge in [0.05, 0.1) is 18.4 Å². The number of rotatable bonds is 7. The van der Waals surface area contributed by atoms with Gasteiger partial charge in [-0.2, -0.15) is 13.2 Å². The second kappa shape index (κ2) is 8.75. The number of hydrogen-bond acceptors (Lipinski definition) is 3. The second-order valence-electron chi connectivity index (χ2n) is 6.15. The Balaban J connectivity index is 1.51. The Morgan fingerprint density at radius 1 is 0.964 bits per heavy atom. The minimum Gasteiger partial charge on any atom is -0.467 e. The summed E-state index contributed by atoms with van der Waals surface area (Å²) >= 11 is 0. The highest BCUT2D eigenvalue weighted by Gasteiger charge is 2.30. The summed E-state index contributed by atoms with van der Waals surface area (Å²) in [5.41, 5.74) is 1.18. The number of ether oxygens (including phenoxy) is 1. The Hall–Kier alpha value is -3.06. The molecule has 1 N–H and O–H groups in total. The van der Waals surface area contributed by atoms with Crippen LogP contribution in [0.3, 0.4) is 0 Å². The van der Waals surface area contributed by atoms with E-state index in [-0.39, 0.29) is 12.1 Å². The van der Waals surface area contributed by atoms with Gasteiger partial charge in [0.15, 0.2) is 0 Å². The molecule has 1 amide bonds. The minimum atomic E-state index is -4.42. The third-order valence-corrected chi connectivity index (χ3v) is 4.01. The Bertz CT molecular complexity index is 903. The maximum atomic E-state index is 12.6. The highest BCUT2D eigenvalue weighted by Crippen LogP contribution is 2.29. The van der Waals surface area contributed by atoms with Crippen molar-refractivity contribution in [2.75, 3.05) is 0 Å². The van der Waals surface area contributed by atoms with E-state index in [2.05, 4.69) is 5.32 Å². The van der Waals surface area contributed by atoms with Gasteiger partial charge in [-0.05, 0) is 47.5 Å². The van der Waals surface area contributed by atoms with Crippen LogP contribution in [0.5, 0.6) is 0 Å². The van der Waals surface area contributed by atoms with Crippen molar-refractivity contribution in [3.63, 3.8) is 0 Å². The molecule has 3 aromatic rings. The van der Waals surface area contributed by atoms with Gasteiger partial charge >= 0.3 is 6.18 Å². The van der Waals surface area contributed by atoms with Gasteiger partial charge in [-0.3, -0.25) is 4.79 Å². The summed E-state index contributed by atoms with van der Waals surface area (Å²) in [6.07, 6.45) is -2.84. The molecule has 28 heavy (non-hydrogen) atoms. The minimum absolute atomic E-state index is 0.172. The number of carbonyl (C=O) groups excluding carboxylic acids is 1. The lowest BCUT2D eigenvalue weighted by molar-refractivity contribution is -0.137. The quantitative estimate of drug-likeness (QED) is 0.622. The number of halogens is 3. The van der Waals surface area contributed by atoms with E-state index >= 15 is 0 Å². The van der Waals surface area contributed by atoms with E-state index in [1.807, 2.05) is 30.3 Å². The van der Waals surface area contributed by atoms with Crippen LogP contribution in [0, 0.1) is 0 Å². The fourth-order valence-electron chi connectivity index (χ4n) is 2.59. The average molecular weight is 389 g/mol. The molecule has 3 rings (SSSR count). The van der Waals surface area contributed by atoms with Gasteiger partial charge in [-0.1, -0.05) is 24.3 Å². The SMILES string of the molecule is O=C(NCc1cccc(COCc2ccco2)c1)c1ccc(C(F)(F)F)cc1. The number of alkyl halides is 3. The molecule has 0 spiro atoms. The van der Waals surface area contributed by atoms with Crippen LogP contribution in [0.2, 0.25) is 0 Å². The molecule has 0 saturated heterocycles. The van der Waals surface area contributed by atoms with Crippen molar-refractivity contribution in [3.8, 4) is 0 Å². The summed E-state index contributed by atoms with van der Waals surface area (Å²) < 4.78 is 48.5. The summed E-state index contributed by atoms with van der Waals surface area (Å²) in [6, 6.07) is 15.2. The van der Waals surface area contributed by atoms with Crippen molar-refractivity contribution < 1.29 is 27.1 Å². The Morgan fingerprint density at radius 3 is 2.39 bits per heavy atom. The molecular weight excluding hydrogens is 371 g/mol. The van der Waals surface area contributed by atoms with E-state index in [1.54, 1.807) is 12.3 Å². The monoisotopic (exact) mass is 389 g/mol. The van der Waals surface area contributed by atoms with Gasteiger partial charge < -0.3 is 14.5 Å². The molecule has 1 aromatic heterocycles. The first-order valence-electron chi connectivity index (χ1n) is 8.55. The van der Waals surface area contributed by atoms with E-state index in [1.165, 1.54) is 0 Å². The van der Waals surface area contributed by atoms with Crippen LogP contribution < -0.4 is 5.32 Å². The van der Waals surface area contributed by atoms with Crippen LogP contribution in [0.4, 0.5) is 13.2 Å². The van der Waals surface area contributed by atoms with Crippen LogP contribution in [0.15, 0.2) is 71.3 Å². The fourth-order valence-corrected chi connectivity index (χ4v) is 2.59. The standard InChI is InChI=1S/C21H18F3NO3/c22-21(23,24)18-8-6-17(7-9-18)20(26)25-12-15-3-1-4-16(11-15)13-27-14-19-5-2-10-28-19/h1-11H,12-14H2,(H,25,26). The molecule has 4 nitrogen and oxygen atoms in total. The van der Waals surface area contributed by atoms with Crippen LogP contribution in [0.25, 0.3) is 0 Å². The molecule has 0 aliphatic rings. The highest BCUT2D eigenvalue weighted by molar-refractivity contribution is 5.94. The molecule has 146 valence electrons. The lowest BCUT2D eigenvalue weighted by atomic mass is 10.1. The Morgan fingerprint density at radius 2 is 1.71 bits per heavy atom. The maximum absolute atomic E-state index is 12.6. The molecular formula is C21H18F3NO3. The summed E-state index contributed by atoms with van der Waals surface area (Å²) in [4.78, 5) is 12.1. The second-order valence-corrected chi connectivity index (χ2v) is 6.15. The third-order valence-electron chi connectivity index (χ3n) is 4.01. The van der Waals surface area contributed by atoms with Crippen molar-refractivity contribution >= 4 is 5.91 Å². The normalized spacial score (nSPS) is 11.4. The third kappa shape index (κ3) is 5.47. The molecule has 0 aliphatic carbocycles. The van der Waals surface area contributed by atoms with Gasteiger partial charge in [-0.25, -0.2) is 0 Å². The predicted octanol–water partition coefficient (Wildman–Crippen LogP) is 4.95. The van der Waals surface area contributed by atoms with E-state index in [0.29, 0.717) is 13.2 Å². The topological polar surface area (TPSA) is 51.5 Å². The fraction of sp³-hybridized carbons (Fsp3) is 0.190. The van der Waals surface area contributed by atoms with Crippen LogP contribution >= 0.6 is 0 Å². The van der Waals surface area contributed by atoms with E-state index in [4.69, 9.17) is 9.15 Å². The van der Waals surface area contributed by atoms with Crippen molar-refractivity contribution in [2.45, 2.75) is 25.9 Å². The summed E-state index contributed by atoms with van der Waals surface area (Å²) in [6.45, 7) is 1.01. The molecule has 0 atom stereocenters. The van der Waals surface area contributed by atoms with E-state index in [9.17, 15) is 18.0 Å². The van der Waals surface area contributed by atoms with Crippen molar-refractivity contribution in [3.05, 3.63) is 94.9 Å². The molecule has 1 heterocycles. The Labute approximate surface area is 159 Å².